The lowest BCUT2D eigenvalue weighted by molar-refractivity contribution is -0.138. The van der Waals surface area contributed by atoms with Gasteiger partial charge in [0, 0.05) is 0 Å². The zero-order chi connectivity index (χ0) is 7.98. The first-order valence-corrected chi connectivity index (χ1v) is 3.37. The summed E-state index contributed by atoms with van der Waals surface area (Å²) in [6.45, 7) is 0.604. The number of aliphatic carboxylic acids is 1. The Morgan fingerprint density at radius 3 is 2.17 bits per heavy atom. The molecule has 0 radical (unpaired) electrons. The maximum atomic E-state index is 10.1. The fourth-order valence-corrected chi connectivity index (χ4v) is 0.632. The summed E-state index contributed by atoms with van der Waals surface area (Å²) in [5, 5.41) is 8.33. The van der Waals surface area contributed by atoms with Crippen LogP contribution in [0.4, 0.5) is 0 Å². The predicted molar refractivity (Wildman–Crippen MR) is 53.0 cm³/mol. The van der Waals surface area contributed by atoms with Crippen LogP contribution in [0.5, 0.6) is 0 Å². The zero-order valence-electron chi connectivity index (χ0n) is 6.73. The van der Waals surface area contributed by atoms with Crippen LogP contribution in [0.3, 0.4) is 0 Å². The third-order valence-electron chi connectivity index (χ3n) is 1.29. The molecule has 1 unspecified atom stereocenters. The fourth-order valence-electron chi connectivity index (χ4n) is 0.632. The van der Waals surface area contributed by atoms with Gasteiger partial charge >= 0.3 is 5.97 Å². The highest BCUT2D eigenvalue weighted by atomic mass is 35.5. The third kappa shape index (κ3) is 9.97. The Labute approximate surface area is 84.5 Å². The predicted octanol–water partition coefficient (Wildman–Crippen LogP) is 0.371. The van der Waals surface area contributed by atoms with Crippen molar-refractivity contribution < 1.29 is 9.90 Å². The summed E-state index contributed by atoms with van der Waals surface area (Å²) in [6, 6.07) is -0.716. The van der Waals surface area contributed by atoms with Crippen LogP contribution < -0.4 is 11.5 Å². The topological polar surface area (TPSA) is 89.3 Å². The summed E-state index contributed by atoms with van der Waals surface area (Å²) >= 11 is 0. The quantitative estimate of drug-likeness (QED) is 0.461. The number of carboxylic acid groups (broad SMARTS) is 1. The van der Waals surface area contributed by atoms with Crippen molar-refractivity contribution in [1.82, 2.24) is 0 Å². The Balaban J connectivity index is -0.000000405. The van der Waals surface area contributed by atoms with Gasteiger partial charge in [0.1, 0.15) is 6.04 Å². The molecule has 0 heterocycles. The minimum Gasteiger partial charge on any atom is -0.480 e. The number of unbranched alkanes of at least 4 members (excludes halogenated alkanes) is 1. The van der Waals surface area contributed by atoms with E-state index in [1.807, 2.05) is 0 Å². The molecule has 0 saturated carbocycles. The van der Waals surface area contributed by atoms with Crippen LogP contribution >= 0.6 is 24.8 Å². The molecule has 0 aromatic heterocycles. The van der Waals surface area contributed by atoms with E-state index in [0.29, 0.717) is 13.0 Å². The number of hydrogen-bond acceptors (Lipinski definition) is 3. The summed E-state index contributed by atoms with van der Waals surface area (Å²) < 4.78 is 0. The summed E-state index contributed by atoms with van der Waals surface area (Å²) in [4.78, 5) is 10.1. The Hall–Kier alpha value is -0.0300. The van der Waals surface area contributed by atoms with Gasteiger partial charge in [0.25, 0.3) is 0 Å². The Morgan fingerprint density at radius 2 is 1.83 bits per heavy atom. The van der Waals surface area contributed by atoms with Crippen LogP contribution in [0.2, 0.25) is 0 Å². The molecule has 5 N–H and O–H groups in total. The number of carbonyl (C=O) groups is 1. The van der Waals surface area contributed by atoms with Gasteiger partial charge in [0.15, 0.2) is 0 Å². The molecule has 0 aromatic rings. The van der Waals surface area contributed by atoms with Gasteiger partial charge in [-0.15, -0.1) is 24.8 Å². The van der Waals surface area contributed by atoms with E-state index in [0.717, 1.165) is 12.8 Å². The van der Waals surface area contributed by atoms with Crippen molar-refractivity contribution in [2.75, 3.05) is 6.54 Å². The van der Waals surface area contributed by atoms with E-state index in [1.165, 1.54) is 0 Å². The first-order chi connectivity index (χ1) is 4.68. The number of carboxylic acids is 1. The van der Waals surface area contributed by atoms with E-state index in [-0.39, 0.29) is 24.8 Å². The van der Waals surface area contributed by atoms with Gasteiger partial charge < -0.3 is 16.6 Å². The highest BCUT2D eigenvalue weighted by Gasteiger charge is 2.09. The standard InChI is InChI=1S/C6H14N2O2.2ClH/c7-4-2-1-3-5(8)6(9)10;;/h5H,1-4,7-8H2,(H,9,10);2*1H/i5+1;;. The fraction of sp³-hybridized carbons (Fsp3) is 0.833. The molecule has 6 heteroatoms. The lowest BCUT2D eigenvalue weighted by Gasteiger charge is -2.03. The second-order valence-electron chi connectivity index (χ2n) is 2.23. The van der Waals surface area contributed by atoms with Crippen molar-refractivity contribution in [2.45, 2.75) is 25.3 Å². The average molecular weight is 220 g/mol. The maximum absolute atomic E-state index is 10.1. The molecule has 0 aliphatic heterocycles. The van der Waals surface area contributed by atoms with E-state index in [1.54, 1.807) is 0 Å². The molecule has 0 spiro atoms. The molecule has 0 fully saturated rings. The number of hydrogen-bond donors (Lipinski definition) is 3. The van der Waals surface area contributed by atoms with Crippen molar-refractivity contribution >= 4 is 30.8 Å². The molecule has 12 heavy (non-hydrogen) atoms. The Bertz CT molecular complexity index is 114. The van der Waals surface area contributed by atoms with Crippen molar-refractivity contribution in [2.24, 2.45) is 11.5 Å². The molecule has 0 saturated heterocycles. The monoisotopic (exact) mass is 219 g/mol. The minimum absolute atomic E-state index is 0. The molecule has 0 aliphatic carbocycles. The molecule has 0 rings (SSSR count). The Kier molecular flexibility index (Phi) is 16.4. The highest BCUT2D eigenvalue weighted by Crippen LogP contribution is 1.96. The van der Waals surface area contributed by atoms with Gasteiger partial charge in [-0.1, -0.05) is 6.42 Å². The van der Waals surface area contributed by atoms with Crippen LogP contribution in [-0.4, -0.2) is 23.7 Å². The molecule has 76 valence electrons. The van der Waals surface area contributed by atoms with Gasteiger partial charge in [0.2, 0.25) is 0 Å². The van der Waals surface area contributed by atoms with E-state index < -0.39 is 12.0 Å². The van der Waals surface area contributed by atoms with Crippen molar-refractivity contribution in [1.29, 1.82) is 0 Å². The van der Waals surface area contributed by atoms with Crippen LogP contribution in [0.25, 0.3) is 0 Å². The van der Waals surface area contributed by atoms with Gasteiger partial charge in [-0.05, 0) is 19.4 Å². The molecular weight excluding hydrogens is 204 g/mol. The molecule has 0 aliphatic rings. The summed E-state index contributed by atoms with van der Waals surface area (Å²) in [5.41, 5.74) is 10.4. The number of nitrogens with two attached hydrogens (primary N) is 2. The first kappa shape index (κ1) is 17.9. The smallest absolute Gasteiger partial charge is 0.320 e. The minimum atomic E-state index is -0.933. The normalized spacial score (nSPS) is 10.8. The molecule has 0 bridgehead atoms. The van der Waals surface area contributed by atoms with E-state index in [9.17, 15) is 4.79 Å². The third-order valence-corrected chi connectivity index (χ3v) is 1.29. The van der Waals surface area contributed by atoms with Gasteiger partial charge in [-0.3, -0.25) is 4.79 Å². The van der Waals surface area contributed by atoms with E-state index >= 15 is 0 Å². The highest BCUT2D eigenvalue weighted by molar-refractivity contribution is 5.85. The van der Waals surface area contributed by atoms with Gasteiger partial charge in [-0.25, -0.2) is 0 Å². The molecule has 0 amide bonds. The van der Waals surface area contributed by atoms with Crippen LogP contribution in [-0.2, 0) is 4.79 Å². The summed E-state index contributed by atoms with van der Waals surface area (Å²) in [5.74, 6) is -0.933. The van der Waals surface area contributed by atoms with Crippen molar-refractivity contribution in [3.05, 3.63) is 0 Å². The number of halogens is 2. The van der Waals surface area contributed by atoms with Crippen molar-refractivity contribution in [3.8, 4) is 0 Å². The van der Waals surface area contributed by atoms with Crippen molar-refractivity contribution in [3.63, 3.8) is 0 Å². The molecule has 0 aromatic carbocycles. The molecule has 4 nitrogen and oxygen atoms in total. The zero-order valence-corrected chi connectivity index (χ0v) is 8.37. The molecular formula is C6H16Cl2N2O2. The first-order valence-electron chi connectivity index (χ1n) is 3.37. The lowest BCUT2D eigenvalue weighted by atomic mass is 10.3. The summed E-state index contributed by atoms with van der Waals surface area (Å²) in [7, 11) is 0. The second-order valence-corrected chi connectivity index (χ2v) is 2.23. The summed E-state index contributed by atoms with van der Waals surface area (Å²) in [6.07, 6.45) is 2.16. The second kappa shape index (κ2) is 11.0. The van der Waals surface area contributed by atoms with E-state index in [2.05, 4.69) is 0 Å². The van der Waals surface area contributed by atoms with Gasteiger partial charge in [0.05, 0.1) is 0 Å². The van der Waals surface area contributed by atoms with Crippen LogP contribution in [0.15, 0.2) is 0 Å². The maximum Gasteiger partial charge on any atom is 0.320 e. The largest absolute Gasteiger partial charge is 0.480 e. The van der Waals surface area contributed by atoms with Crippen LogP contribution in [0, 0.1) is 0 Å². The molecule has 1 atom stereocenters. The SMILES string of the molecule is Cl.Cl.NCCCC[13CH](N)C(=O)O. The Morgan fingerprint density at radius 1 is 1.33 bits per heavy atom. The van der Waals surface area contributed by atoms with Gasteiger partial charge in [-0.2, -0.15) is 0 Å². The average Bonchev–Trinajstić information content (AvgIpc) is 1.88. The van der Waals surface area contributed by atoms with Crippen LogP contribution in [0.1, 0.15) is 19.3 Å². The van der Waals surface area contributed by atoms with E-state index in [4.69, 9.17) is 16.6 Å². The lowest BCUT2D eigenvalue weighted by Crippen LogP contribution is -2.29. The number of rotatable bonds is 5.